The molecule has 1 aromatic carbocycles. The normalized spacial score (nSPS) is 12.3. The minimum Gasteiger partial charge on any atom is -0.394 e. The molecule has 4 heteroatoms. The molecule has 0 bridgehead atoms. The summed E-state index contributed by atoms with van der Waals surface area (Å²) in [4.78, 5) is 13.2. The summed E-state index contributed by atoms with van der Waals surface area (Å²) < 4.78 is 0. The van der Waals surface area contributed by atoms with Gasteiger partial charge in [-0.3, -0.25) is 4.79 Å². The van der Waals surface area contributed by atoms with Crippen LogP contribution in [0.1, 0.15) is 16.7 Å². The Labute approximate surface area is 102 Å². The number of carbonyl (C=O) groups excluding carboxylic acids is 1. The molecule has 17 heavy (non-hydrogen) atoms. The number of hydrogen-bond acceptors (Lipinski definition) is 3. The summed E-state index contributed by atoms with van der Waals surface area (Å²) in [5, 5.41) is 8.84. The highest BCUT2D eigenvalue weighted by Crippen LogP contribution is 2.12. The van der Waals surface area contributed by atoms with Gasteiger partial charge in [-0.05, 0) is 25.0 Å². The number of nitrogens with two attached hydrogens (primary N) is 1. The van der Waals surface area contributed by atoms with Crippen LogP contribution in [0, 0.1) is 13.8 Å². The Bertz CT molecular complexity index is 404. The third-order valence-corrected chi connectivity index (χ3v) is 2.80. The molecule has 0 aromatic heterocycles. The van der Waals surface area contributed by atoms with Crippen LogP contribution in [0.5, 0.6) is 0 Å². The van der Waals surface area contributed by atoms with Crippen molar-refractivity contribution in [1.82, 2.24) is 4.90 Å². The van der Waals surface area contributed by atoms with Gasteiger partial charge in [0.15, 0.2) is 0 Å². The van der Waals surface area contributed by atoms with Crippen LogP contribution >= 0.6 is 0 Å². The summed E-state index contributed by atoms with van der Waals surface area (Å²) in [5.41, 5.74) is 8.94. The molecule has 0 aliphatic carbocycles. The molecule has 0 radical (unpaired) electrons. The summed E-state index contributed by atoms with van der Waals surface area (Å²) in [7, 11) is 1.69. The van der Waals surface area contributed by atoms with E-state index in [9.17, 15) is 4.79 Å². The standard InChI is InChI=1S/C13H20N2O2/c1-9-4-5-11(10(2)6-9)7-15(3)13(17)12(14)8-16/h4-6,12,16H,7-8,14H2,1-3H3. The lowest BCUT2D eigenvalue weighted by Gasteiger charge is -2.21. The molecule has 1 atom stereocenters. The maximum Gasteiger partial charge on any atom is 0.241 e. The average Bonchev–Trinajstić information content (AvgIpc) is 2.30. The number of likely N-dealkylation sites (N-methyl/N-ethyl adjacent to an activating group) is 1. The highest BCUT2D eigenvalue weighted by Gasteiger charge is 2.17. The molecule has 0 aliphatic rings. The lowest BCUT2D eigenvalue weighted by molar-refractivity contribution is -0.132. The maximum atomic E-state index is 11.7. The fourth-order valence-corrected chi connectivity index (χ4v) is 1.72. The van der Waals surface area contributed by atoms with E-state index < -0.39 is 6.04 Å². The molecule has 3 N–H and O–H groups in total. The lowest BCUT2D eigenvalue weighted by Crippen LogP contribution is -2.43. The molecule has 0 saturated carbocycles. The van der Waals surface area contributed by atoms with Gasteiger partial charge in [-0.25, -0.2) is 0 Å². The number of nitrogens with zero attached hydrogens (tertiary/aromatic N) is 1. The molecule has 0 fully saturated rings. The van der Waals surface area contributed by atoms with Crippen molar-refractivity contribution in [2.75, 3.05) is 13.7 Å². The van der Waals surface area contributed by atoms with Gasteiger partial charge in [0.25, 0.3) is 0 Å². The van der Waals surface area contributed by atoms with E-state index in [1.807, 2.05) is 26.0 Å². The van der Waals surface area contributed by atoms with Gasteiger partial charge in [0.2, 0.25) is 5.91 Å². The van der Waals surface area contributed by atoms with Crippen molar-refractivity contribution in [1.29, 1.82) is 0 Å². The van der Waals surface area contributed by atoms with Crippen molar-refractivity contribution in [3.8, 4) is 0 Å². The molecule has 0 aliphatic heterocycles. The van der Waals surface area contributed by atoms with Crippen LogP contribution in [-0.4, -0.2) is 35.6 Å². The van der Waals surface area contributed by atoms with E-state index in [1.165, 1.54) is 5.56 Å². The Morgan fingerprint density at radius 1 is 1.47 bits per heavy atom. The monoisotopic (exact) mass is 236 g/mol. The van der Waals surface area contributed by atoms with Crippen LogP contribution in [0.4, 0.5) is 0 Å². The Balaban J connectivity index is 2.74. The van der Waals surface area contributed by atoms with Crippen molar-refractivity contribution in [3.05, 3.63) is 34.9 Å². The first kappa shape index (κ1) is 13.7. The summed E-state index contributed by atoms with van der Waals surface area (Å²) >= 11 is 0. The largest absolute Gasteiger partial charge is 0.394 e. The second kappa shape index (κ2) is 5.80. The fourth-order valence-electron chi connectivity index (χ4n) is 1.72. The van der Waals surface area contributed by atoms with E-state index in [-0.39, 0.29) is 12.5 Å². The molecule has 94 valence electrons. The van der Waals surface area contributed by atoms with Gasteiger partial charge >= 0.3 is 0 Å². The van der Waals surface area contributed by atoms with Gasteiger partial charge in [-0.1, -0.05) is 23.8 Å². The highest BCUT2D eigenvalue weighted by atomic mass is 16.3. The summed E-state index contributed by atoms with van der Waals surface area (Å²) in [6.45, 7) is 4.24. The molecule has 0 heterocycles. The quantitative estimate of drug-likeness (QED) is 0.803. The summed E-state index contributed by atoms with van der Waals surface area (Å²) in [5.74, 6) is -0.243. The number of aliphatic hydroxyl groups is 1. The van der Waals surface area contributed by atoms with Crippen LogP contribution < -0.4 is 5.73 Å². The fraction of sp³-hybridized carbons (Fsp3) is 0.462. The number of amides is 1. The second-order valence-corrected chi connectivity index (χ2v) is 4.41. The number of rotatable bonds is 4. The number of aryl methyl sites for hydroxylation is 2. The molecular weight excluding hydrogens is 216 g/mol. The van der Waals surface area contributed by atoms with Crippen molar-refractivity contribution in [3.63, 3.8) is 0 Å². The van der Waals surface area contributed by atoms with Crippen molar-refractivity contribution in [2.45, 2.75) is 26.4 Å². The van der Waals surface area contributed by atoms with Crippen molar-refractivity contribution < 1.29 is 9.90 Å². The van der Waals surface area contributed by atoms with Crippen LogP contribution in [0.15, 0.2) is 18.2 Å². The Morgan fingerprint density at radius 2 is 2.12 bits per heavy atom. The van der Waals surface area contributed by atoms with Gasteiger partial charge < -0.3 is 15.7 Å². The first-order valence-corrected chi connectivity index (χ1v) is 5.63. The second-order valence-electron chi connectivity index (χ2n) is 4.41. The third-order valence-electron chi connectivity index (χ3n) is 2.80. The van der Waals surface area contributed by atoms with Gasteiger partial charge in [0.05, 0.1) is 6.61 Å². The molecule has 1 rings (SSSR count). The molecule has 0 saturated heterocycles. The molecule has 4 nitrogen and oxygen atoms in total. The highest BCUT2D eigenvalue weighted by molar-refractivity contribution is 5.81. The summed E-state index contributed by atoms with van der Waals surface area (Å²) in [6.07, 6.45) is 0. The van der Waals surface area contributed by atoms with E-state index >= 15 is 0 Å². The first-order valence-electron chi connectivity index (χ1n) is 5.63. The molecular formula is C13H20N2O2. The molecule has 1 aromatic rings. The van der Waals surface area contributed by atoms with Crippen LogP contribution in [0.25, 0.3) is 0 Å². The van der Waals surface area contributed by atoms with Gasteiger partial charge in [0, 0.05) is 13.6 Å². The number of aliphatic hydroxyl groups excluding tert-OH is 1. The molecule has 1 unspecified atom stereocenters. The van der Waals surface area contributed by atoms with E-state index in [1.54, 1.807) is 11.9 Å². The van der Waals surface area contributed by atoms with E-state index in [0.29, 0.717) is 6.54 Å². The van der Waals surface area contributed by atoms with E-state index in [2.05, 4.69) is 6.07 Å². The SMILES string of the molecule is Cc1ccc(CN(C)C(=O)C(N)CO)c(C)c1. The summed E-state index contributed by atoms with van der Waals surface area (Å²) in [6, 6.07) is 5.29. The first-order chi connectivity index (χ1) is 7.95. The van der Waals surface area contributed by atoms with E-state index in [0.717, 1.165) is 11.1 Å². The predicted octanol–water partition coefficient (Wildman–Crippen LogP) is 0.581. The van der Waals surface area contributed by atoms with Gasteiger partial charge in [0.1, 0.15) is 6.04 Å². The average molecular weight is 236 g/mol. The Hall–Kier alpha value is -1.39. The van der Waals surface area contributed by atoms with Crippen LogP contribution in [-0.2, 0) is 11.3 Å². The Kier molecular flexibility index (Phi) is 4.66. The van der Waals surface area contributed by atoms with Crippen LogP contribution in [0.3, 0.4) is 0 Å². The maximum absolute atomic E-state index is 11.7. The van der Waals surface area contributed by atoms with Gasteiger partial charge in [-0.15, -0.1) is 0 Å². The lowest BCUT2D eigenvalue weighted by atomic mass is 10.1. The van der Waals surface area contributed by atoms with Crippen molar-refractivity contribution >= 4 is 5.91 Å². The topological polar surface area (TPSA) is 66.6 Å². The van der Waals surface area contributed by atoms with Crippen molar-refractivity contribution in [2.24, 2.45) is 5.73 Å². The smallest absolute Gasteiger partial charge is 0.241 e. The zero-order valence-corrected chi connectivity index (χ0v) is 10.6. The number of hydrogen-bond donors (Lipinski definition) is 2. The number of carbonyl (C=O) groups is 1. The third kappa shape index (κ3) is 3.54. The van der Waals surface area contributed by atoms with Gasteiger partial charge in [-0.2, -0.15) is 0 Å². The van der Waals surface area contributed by atoms with E-state index in [4.69, 9.17) is 10.8 Å². The predicted molar refractivity (Wildman–Crippen MR) is 67.5 cm³/mol. The zero-order valence-electron chi connectivity index (χ0n) is 10.6. The number of benzene rings is 1. The Morgan fingerprint density at radius 3 is 2.65 bits per heavy atom. The molecule has 1 amide bonds. The minimum absolute atomic E-state index is 0.243. The minimum atomic E-state index is -0.828. The molecule has 0 spiro atoms. The zero-order chi connectivity index (χ0) is 13.0. The van der Waals surface area contributed by atoms with Crippen LogP contribution in [0.2, 0.25) is 0 Å².